The molecule has 0 saturated carbocycles. The van der Waals surface area contributed by atoms with E-state index in [1.165, 1.54) is 89.9 Å². The van der Waals surface area contributed by atoms with Crippen LogP contribution in [0.2, 0.25) is 0 Å². The molecule has 6 nitrogen and oxygen atoms in total. The van der Waals surface area contributed by atoms with Gasteiger partial charge in [-0.05, 0) is 25.0 Å². The van der Waals surface area contributed by atoms with Gasteiger partial charge >= 0.3 is 7.82 Å². The van der Waals surface area contributed by atoms with Gasteiger partial charge in [0.25, 0.3) is 0 Å². The summed E-state index contributed by atoms with van der Waals surface area (Å²) in [5, 5.41) is 0. The van der Waals surface area contributed by atoms with Gasteiger partial charge in [0.15, 0.2) is 0 Å². The first-order valence-corrected chi connectivity index (χ1v) is 18.0. The SMILES string of the molecule is CCCCCCCCCCCCCCCCSCC(COC)COP(=O)(O)OC1CCC[N+](C)(C)CC1. The molecule has 0 aliphatic carbocycles. The first-order chi connectivity index (χ1) is 17.8. The fraction of sp³-hybridized carbons (Fsp3) is 1.00. The minimum atomic E-state index is -4.05. The Hall–Kier alpha value is 0.380. The van der Waals surface area contributed by atoms with Gasteiger partial charge < -0.3 is 14.1 Å². The quantitative estimate of drug-likeness (QED) is 0.0721. The summed E-state index contributed by atoms with van der Waals surface area (Å²) in [5.41, 5.74) is 0. The van der Waals surface area contributed by atoms with Gasteiger partial charge in [-0.3, -0.25) is 9.05 Å². The van der Waals surface area contributed by atoms with Crippen LogP contribution in [0.3, 0.4) is 0 Å². The summed E-state index contributed by atoms with van der Waals surface area (Å²) in [6.07, 6.45) is 21.7. The number of nitrogens with zero attached hydrogens (tertiary/aromatic N) is 1. The highest BCUT2D eigenvalue weighted by Crippen LogP contribution is 2.46. The summed E-state index contributed by atoms with van der Waals surface area (Å²) in [7, 11) is 2.02. The lowest BCUT2D eigenvalue weighted by molar-refractivity contribution is -0.889. The number of phosphoric acid groups is 1. The maximum absolute atomic E-state index is 12.5. The van der Waals surface area contributed by atoms with E-state index in [1.54, 1.807) is 7.11 Å². The Kier molecular flexibility index (Phi) is 21.2. The molecule has 0 aromatic carbocycles. The van der Waals surface area contributed by atoms with Crippen LogP contribution in [0.5, 0.6) is 0 Å². The molecule has 0 spiro atoms. The third-order valence-corrected chi connectivity index (χ3v) is 9.82. The van der Waals surface area contributed by atoms with Crippen molar-refractivity contribution in [2.45, 2.75) is 122 Å². The monoisotopic (exact) mass is 566 g/mol. The zero-order chi connectivity index (χ0) is 27.2. The van der Waals surface area contributed by atoms with Crippen LogP contribution in [0.4, 0.5) is 0 Å². The second kappa shape index (κ2) is 22.1. The second-order valence-electron chi connectivity index (χ2n) is 11.8. The van der Waals surface area contributed by atoms with Gasteiger partial charge in [-0.25, -0.2) is 4.57 Å². The first-order valence-electron chi connectivity index (χ1n) is 15.3. The number of phosphoric ester groups is 1. The largest absolute Gasteiger partial charge is 0.472 e. The molecule has 8 heteroatoms. The Balaban J connectivity index is 2.04. The van der Waals surface area contributed by atoms with Crippen molar-refractivity contribution in [3.63, 3.8) is 0 Å². The van der Waals surface area contributed by atoms with E-state index in [9.17, 15) is 9.46 Å². The topological polar surface area (TPSA) is 65.0 Å². The average molecular weight is 567 g/mol. The summed E-state index contributed by atoms with van der Waals surface area (Å²) in [6, 6.07) is 0. The molecule has 1 aliphatic heterocycles. The lowest BCUT2D eigenvalue weighted by Gasteiger charge is -2.28. The molecule has 3 unspecified atom stereocenters. The molecular formula is C29H61NO5PS+. The first kappa shape index (κ1) is 35.4. The number of hydrogen-bond donors (Lipinski definition) is 1. The molecule has 37 heavy (non-hydrogen) atoms. The molecule has 1 N–H and O–H groups in total. The molecule has 1 fully saturated rings. The second-order valence-corrected chi connectivity index (χ2v) is 14.4. The Bertz CT molecular complexity index is 581. The molecular weight excluding hydrogens is 505 g/mol. The maximum Gasteiger partial charge on any atom is 0.472 e. The highest BCUT2D eigenvalue weighted by atomic mass is 32.2. The Morgan fingerprint density at radius 1 is 0.865 bits per heavy atom. The summed E-state index contributed by atoms with van der Waals surface area (Å²) < 4.78 is 29.8. The Morgan fingerprint density at radius 3 is 2.00 bits per heavy atom. The molecule has 0 amide bonds. The van der Waals surface area contributed by atoms with Crippen molar-refractivity contribution < 1.29 is 27.7 Å². The van der Waals surface area contributed by atoms with Gasteiger partial charge in [0, 0.05) is 25.2 Å². The highest BCUT2D eigenvalue weighted by Gasteiger charge is 2.31. The van der Waals surface area contributed by atoms with E-state index in [4.69, 9.17) is 13.8 Å². The average Bonchev–Trinajstić information content (AvgIpc) is 3.01. The molecule has 0 aromatic heterocycles. The van der Waals surface area contributed by atoms with Crippen LogP contribution in [-0.4, -0.2) is 74.5 Å². The Morgan fingerprint density at radius 2 is 1.43 bits per heavy atom. The molecule has 1 rings (SSSR count). The van der Waals surface area contributed by atoms with E-state index in [0.717, 1.165) is 48.3 Å². The predicted octanol–water partition coefficient (Wildman–Crippen LogP) is 8.23. The van der Waals surface area contributed by atoms with Gasteiger partial charge in [0.05, 0.1) is 46.5 Å². The number of likely N-dealkylation sites (tertiary alicyclic amines) is 1. The molecule has 0 aromatic rings. The molecule has 1 heterocycles. The van der Waals surface area contributed by atoms with Crippen molar-refractivity contribution in [3.05, 3.63) is 0 Å². The zero-order valence-electron chi connectivity index (χ0n) is 24.8. The van der Waals surface area contributed by atoms with E-state index in [2.05, 4.69) is 21.0 Å². The number of ether oxygens (including phenoxy) is 1. The Labute approximate surface area is 234 Å². The van der Waals surface area contributed by atoms with Gasteiger partial charge in [-0.2, -0.15) is 11.8 Å². The third-order valence-electron chi connectivity index (χ3n) is 7.50. The van der Waals surface area contributed by atoms with E-state index in [0.29, 0.717) is 6.61 Å². The number of thioether (sulfide) groups is 1. The molecule has 3 atom stereocenters. The zero-order valence-corrected chi connectivity index (χ0v) is 26.5. The van der Waals surface area contributed by atoms with Gasteiger partial charge in [-0.15, -0.1) is 0 Å². The summed E-state index contributed by atoms with van der Waals surface area (Å²) in [5.74, 6) is 2.10. The third kappa shape index (κ3) is 20.9. The minimum absolute atomic E-state index is 0.0930. The van der Waals surface area contributed by atoms with E-state index < -0.39 is 7.82 Å². The van der Waals surface area contributed by atoms with Crippen molar-refractivity contribution in [2.24, 2.45) is 5.92 Å². The van der Waals surface area contributed by atoms with Crippen LogP contribution in [0, 0.1) is 5.92 Å². The molecule has 1 saturated heterocycles. The van der Waals surface area contributed by atoms with E-state index >= 15 is 0 Å². The number of hydrogen-bond acceptors (Lipinski definition) is 5. The summed E-state index contributed by atoms with van der Waals surface area (Å²) in [4.78, 5) is 10.3. The summed E-state index contributed by atoms with van der Waals surface area (Å²) >= 11 is 1.90. The van der Waals surface area contributed by atoms with Gasteiger partial charge in [0.2, 0.25) is 0 Å². The van der Waals surface area contributed by atoms with E-state index in [-0.39, 0.29) is 18.6 Å². The molecule has 222 valence electrons. The molecule has 1 aliphatic rings. The van der Waals surface area contributed by atoms with Crippen LogP contribution < -0.4 is 0 Å². The van der Waals surface area contributed by atoms with Crippen LogP contribution in [-0.2, 0) is 18.3 Å². The number of methoxy groups -OCH3 is 1. The standard InChI is InChI=1S/C29H60NO5PS/c1-5-6-7-8-9-10-11-12-13-14-15-16-17-18-24-37-27-28(25-33-4)26-34-36(31,32)35-29-20-19-22-30(2,3)23-21-29/h28-29H,5-27H2,1-4H3/p+1. The fourth-order valence-corrected chi connectivity index (χ4v) is 7.20. The molecule has 0 bridgehead atoms. The maximum atomic E-state index is 12.5. The van der Waals surface area contributed by atoms with Crippen molar-refractivity contribution in [1.82, 2.24) is 0 Å². The fourth-order valence-electron chi connectivity index (χ4n) is 5.05. The van der Waals surface area contributed by atoms with Crippen molar-refractivity contribution in [3.8, 4) is 0 Å². The van der Waals surface area contributed by atoms with Crippen molar-refractivity contribution in [2.75, 3.05) is 59.0 Å². The van der Waals surface area contributed by atoms with Crippen LogP contribution in [0.15, 0.2) is 0 Å². The van der Waals surface area contributed by atoms with Gasteiger partial charge in [-0.1, -0.05) is 90.4 Å². The van der Waals surface area contributed by atoms with Crippen molar-refractivity contribution >= 4 is 19.6 Å². The van der Waals surface area contributed by atoms with Gasteiger partial charge in [0.1, 0.15) is 0 Å². The minimum Gasteiger partial charge on any atom is -0.384 e. The number of unbranched alkanes of at least 4 members (excludes halogenated alkanes) is 13. The highest BCUT2D eigenvalue weighted by molar-refractivity contribution is 7.99. The van der Waals surface area contributed by atoms with Crippen molar-refractivity contribution in [1.29, 1.82) is 0 Å². The van der Waals surface area contributed by atoms with E-state index in [1.807, 2.05) is 11.8 Å². The lowest BCUT2D eigenvalue weighted by Crippen LogP contribution is -2.40. The normalized spacial score (nSPS) is 20.4. The molecule has 0 radical (unpaired) electrons. The number of rotatable bonds is 24. The smallest absolute Gasteiger partial charge is 0.384 e. The number of quaternary nitrogens is 1. The van der Waals surface area contributed by atoms with Crippen LogP contribution in [0.1, 0.15) is 116 Å². The van der Waals surface area contributed by atoms with Crippen LogP contribution in [0.25, 0.3) is 0 Å². The lowest BCUT2D eigenvalue weighted by atomic mass is 10.0. The summed E-state index contributed by atoms with van der Waals surface area (Å²) in [6.45, 7) is 5.03. The predicted molar refractivity (Wildman–Crippen MR) is 159 cm³/mol. The van der Waals surface area contributed by atoms with Crippen LogP contribution >= 0.6 is 19.6 Å².